The largest absolute Gasteiger partial charge is 0.471 e. The van der Waals surface area contributed by atoms with Crippen molar-refractivity contribution >= 4 is 11.8 Å². The lowest BCUT2D eigenvalue weighted by molar-refractivity contribution is -0.174. The van der Waals surface area contributed by atoms with Crippen LogP contribution in [0, 0.1) is 11.3 Å². The van der Waals surface area contributed by atoms with Crippen LogP contribution in [-0.2, 0) is 9.59 Å². The van der Waals surface area contributed by atoms with Crippen molar-refractivity contribution < 1.29 is 22.8 Å². The summed E-state index contributed by atoms with van der Waals surface area (Å²) in [6, 6.07) is -0.478. The molecule has 1 aliphatic heterocycles. The molecule has 0 aromatic carbocycles. The van der Waals surface area contributed by atoms with Gasteiger partial charge in [-0.1, -0.05) is 13.8 Å². The summed E-state index contributed by atoms with van der Waals surface area (Å²) in [5.74, 6) is -1.87. The first-order valence-corrected chi connectivity index (χ1v) is 8.25. The second kappa shape index (κ2) is 6.69. The van der Waals surface area contributed by atoms with Crippen LogP contribution in [-0.4, -0.2) is 42.0 Å². The van der Waals surface area contributed by atoms with Gasteiger partial charge in [0, 0.05) is 25.0 Å². The average Bonchev–Trinajstić information content (AvgIpc) is 2.46. The first-order valence-electron chi connectivity index (χ1n) is 8.25. The Kier molecular flexibility index (Phi) is 5.26. The number of nitrogens with zero attached hydrogens (tertiary/aromatic N) is 1. The van der Waals surface area contributed by atoms with E-state index in [1.807, 2.05) is 10.2 Å². The molecule has 132 valence electrons. The molecule has 1 saturated carbocycles. The predicted octanol–water partition coefficient (Wildman–Crippen LogP) is 2.87. The highest BCUT2D eigenvalue weighted by molar-refractivity contribution is 5.82. The normalized spacial score (nSPS) is 28.3. The van der Waals surface area contributed by atoms with Gasteiger partial charge in [0.05, 0.1) is 0 Å². The maximum absolute atomic E-state index is 12.5. The smallest absolute Gasteiger partial charge is 0.346 e. The molecule has 2 fully saturated rings. The number of hydrogen-bond donors (Lipinski definition) is 1. The molecule has 2 amide bonds. The van der Waals surface area contributed by atoms with Gasteiger partial charge in [-0.2, -0.15) is 13.2 Å². The molecule has 0 bridgehead atoms. The Balaban J connectivity index is 1.78. The van der Waals surface area contributed by atoms with E-state index in [1.165, 1.54) is 0 Å². The fraction of sp³-hybridized carbons (Fsp3) is 0.875. The van der Waals surface area contributed by atoms with Gasteiger partial charge in [-0.3, -0.25) is 9.59 Å². The summed E-state index contributed by atoms with van der Waals surface area (Å²) in [6.45, 7) is 5.92. The monoisotopic (exact) mass is 334 g/mol. The van der Waals surface area contributed by atoms with Crippen LogP contribution in [0.15, 0.2) is 0 Å². The predicted molar refractivity (Wildman–Crippen MR) is 79.5 cm³/mol. The van der Waals surface area contributed by atoms with Gasteiger partial charge in [0.25, 0.3) is 0 Å². The van der Waals surface area contributed by atoms with Crippen LogP contribution in [0.1, 0.15) is 52.4 Å². The number of likely N-dealkylation sites (tertiary alicyclic amines) is 1. The Morgan fingerprint density at radius 2 is 1.57 bits per heavy atom. The number of rotatable bonds is 2. The van der Waals surface area contributed by atoms with Gasteiger partial charge in [0.1, 0.15) is 0 Å². The zero-order valence-corrected chi connectivity index (χ0v) is 13.7. The van der Waals surface area contributed by atoms with Crippen molar-refractivity contribution in [2.75, 3.05) is 13.1 Å². The molecule has 0 atom stereocenters. The Morgan fingerprint density at radius 3 is 2.04 bits per heavy atom. The van der Waals surface area contributed by atoms with Gasteiger partial charge in [-0.25, -0.2) is 0 Å². The van der Waals surface area contributed by atoms with Crippen LogP contribution < -0.4 is 5.32 Å². The summed E-state index contributed by atoms with van der Waals surface area (Å²) in [6.07, 6.45) is -0.934. The first-order chi connectivity index (χ1) is 10.6. The van der Waals surface area contributed by atoms with E-state index in [1.54, 1.807) is 0 Å². The molecule has 2 aliphatic rings. The quantitative estimate of drug-likeness (QED) is 0.844. The fourth-order valence-corrected chi connectivity index (χ4v) is 3.34. The van der Waals surface area contributed by atoms with Crippen LogP contribution in [0.2, 0.25) is 0 Å². The van der Waals surface area contributed by atoms with Crippen molar-refractivity contribution in [3.8, 4) is 0 Å². The zero-order valence-electron chi connectivity index (χ0n) is 13.7. The van der Waals surface area contributed by atoms with Crippen molar-refractivity contribution in [1.29, 1.82) is 0 Å². The van der Waals surface area contributed by atoms with E-state index in [2.05, 4.69) is 13.8 Å². The molecule has 23 heavy (non-hydrogen) atoms. The Labute approximate surface area is 134 Å². The lowest BCUT2D eigenvalue weighted by Gasteiger charge is -2.39. The first kappa shape index (κ1) is 18.1. The highest BCUT2D eigenvalue weighted by Gasteiger charge is 2.41. The highest BCUT2D eigenvalue weighted by Crippen LogP contribution is 2.32. The maximum atomic E-state index is 12.5. The van der Waals surface area contributed by atoms with Crippen molar-refractivity contribution in [2.24, 2.45) is 11.3 Å². The minimum atomic E-state index is -4.84. The summed E-state index contributed by atoms with van der Waals surface area (Å²) in [5, 5.41) is 2.02. The zero-order chi connectivity index (χ0) is 17.3. The molecule has 0 unspecified atom stereocenters. The molecule has 1 N–H and O–H groups in total. The topological polar surface area (TPSA) is 49.4 Å². The minimum Gasteiger partial charge on any atom is -0.346 e. The van der Waals surface area contributed by atoms with Crippen LogP contribution in [0.4, 0.5) is 13.2 Å². The van der Waals surface area contributed by atoms with Crippen molar-refractivity contribution in [2.45, 2.75) is 64.6 Å². The number of halogens is 3. The van der Waals surface area contributed by atoms with Crippen molar-refractivity contribution in [1.82, 2.24) is 10.2 Å². The highest BCUT2D eigenvalue weighted by atomic mass is 19.4. The number of amides is 2. The molecule has 0 radical (unpaired) electrons. The minimum absolute atomic E-state index is 0.116. The second-order valence-corrected chi connectivity index (χ2v) is 7.51. The van der Waals surface area contributed by atoms with Gasteiger partial charge in [-0.15, -0.1) is 0 Å². The number of nitrogens with one attached hydrogen (secondary N) is 1. The number of carbonyl (C=O) groups excluding carboxylic acids is 2. The summed E-state index contributed by atoms with van der Waals surface area (Å²) in [4.78, 5) is 25.3. The molecule has 7 heteroatoms. The van der Waals surface area contributed by atoms with Gasteiger partial charge < -0.3 is 10.2 Å². The molecule has 0 aromatic heterocycles. The third-order valence-electron chi connectivity index (χ3n) is 5.10. The number of hydrogen-bond acceptors (Lipinski definition) is 2. The van der Waals surface area contributed by atoms with Gasteiger partial charge in [0.15, 0.2) is 0 Å². The molecule has 0 aromatic rings. The third-order valence-corrected chi connectivity index (χ3v) is 5.10. The molecule has 1 aliphatic carbocycles. The summed E-state index contributed by atoms with van der Waals surface area (Å²) < 4.78 is 36.7. The Morgan fingerprint density at radius 1 is 1.04 bits per heavy atom. The Hall–Kier alpha value is -1.27. The van der Waals surface area contributed by atoms with E-state index in [-0.39, 0.29) is 17.2 Å². The molecule has 1 heterocycles. The van der Waals surface area contributed by atoms with Crippen molar-refractivity contribution in [3.05, 3.63) is 0 Å². The summed E-state index contributed by atoms with van der Waals surface area (Å²) in [5.41, 5.74) is 0.274. The van der Waals surface area contributed by atoms with E-state index in [9.17, 15) is 22.8 Å². The van der Waals surface area contributed by atoms with E-state index in [0.29, 0.717) is 25.7 Å². The lowest BCUT2D eigenvalue weighted by Crippen LogP contribution is -2.47. The van der Waals surface area contributed by atoms with Gasteiger partial charge >= 0.3 is 12.1 Å². The van der Waals surface area contributed by atoms with Crippen LogP contribution >= 0.6 is 0 Å². The molecule has 1 saturated heterocycles. The van der Waals surface area contributed by atoms with Crippen LogP contribution in [0.25, 0.3) is 0 Å². The lowest BCUT2D eigenvalue weighted by atomic mass is 9.81. The maximum Gasteiger partial charge on any atom is 0.471 e. The van der Waals surface area contributed by atoms with Gasteiger partial charge in [0.2, 0.25) is 5.91 Å². The summed E-state index contributed by atoms with van der Waals surface area (Å²) >= 11 is 0. The number of piperidine rings is 1. The van der Waals surface area contributed by atoms with Crippen LogP contribution in [0.3, 0.4) is 0 Å². The SMILES string of the molecule is CC1(C)CCN(C(=O)C2CCC(NC(=O)C(F)(F)F)CC2)CC1. The van der Waals surface area contributed by atoms with Gasteiger partial charge in [-0.05, 0) is 43.9 Å². The van der Waals surface area contributed by atoms with E-state index < -0.39 is 18.1 Å². The standard InChI is InChI=1S/C16H25F3N2O2/c1-15(2)7-9-21(10-8-15)13(22)11-3-5-12(6-4-11)20-14(23)16(17,18)19/h11-12H,3-10H2,1-2H3,(H,20,23). The third kappa shape index (κ3) is 4.85. The molecular formula is C16H25F3N2O2. The van der Waals surface area contributed by atoms with E-state index in [4.69, 9.17) is 0 Å². The second-order valence-electron chi connectivity index (χ2n) is 7.51. The molecular weight excluding hydrogens is 309 g/mol. The van der Waals surface area contributed by atoms with E-state index in [0.717, 1.165) is 25.9 Å². The molecule has 0 spiro atoms. The summed E-state index contributed by atoms with van der Waals surface area (Å²) in [7, 11) is 0. The average molecular weight is 334 g/mol. The molecule has 4 nitrogen and oxygen atoms in total. The molecule has 2 rings (SSSR count). The fourth-order valence-electron chi connectivity index (χ4n) is 3.34. The van der Waals surface area contributed by atoms with E-state index >= 15 is 0 Å². The van der Waals surface area contributed by atoms with Crippen LogP contribution in [0.5, 0.6) is 0 Å². The number of carbonyl (C=O) groups is 2. The number of alkyl halides is 3. The Bertz CT molecular complexity index is 445. The van der Waals surface area contributed by atoms with Crippen molar-refractivity contribution in [3.63, 3.8) is 0 Å².